The predicted molar refractivity (Wildman–Crippen MR) is 84.3 cm³/mol. The van der Waals surface area contributed by atoms with Crippen LogP contribution in [0, 0.1) is 3.70 Å². The minimum absolute atomic E-state index is 0.587. The molecule has 2 bridgehead atoms. The summed E-state index contributed by atoms with van der Waals surface area (Å²) in [7, 11) is 0. The molecule has 1 aliphatic heterocycles. The molecule has 0 saturated carbocycles. The van der Waals surface area contributed by atoms with Gasteiger partial charge in [0.1, 0.15) is 3.70 Å². The average molecular weight is 411 g/mol. The van der Waals surface area contributed by atoms with E-state index >= 15 is 0 Å². The Kier molecular flexibility index (Phi) is 8.48. The quantitative estimate of drug-likeness (QED) is 0.591. The highest BCUT2D eigenvalue weighted by atomic mass is 127. The zero-order valence-electron chi connectivity index (χ0n) is 12.1. The number of aromatic nitrogens is 3. The fourth-order valence-corrected chi connectivity index (χ4v) is 2.60. The number of hydrogen-bond donors (Lipinski definition) is 0. The maximum Gasteiger partial charge on any atom is 0.122 e. The third kappa shape index (κ3) is 6.55. The summed E-state index contributed by atoms with van der Waals surface area (Å²) in [5.41, 5.74) is 0.993. The average Bonchev–Trinajstić information content (AvgIpc) is 2.83. The fraction of sp³-hybridized carbons (Fsp3) is 0.846. The van der Waals surface area contributed by atoms with Crippen LogP contribution in [-0.2, 0) is 31.9 Å². The Balaban J connectivity index is 1.80. The van der Waals surface area contributed by atoms with Crippen LogP contribution in [-0.4, -0.2) is 67.8 Å². The van der Waals surface area contributed by atoms with Gasteiger partial charge in [0.2, 0.25) is 0 Å². The summed E-state index contributed by atoms with van der Waals surface area (Å²) < 4.78 is 24.9. The summed E-state index contributed by atoms with van der Waals surface area (Å²) in [6.45, 7) is 5.74. The van der Waals surface area contributed by atoms with E-state index in [-0.39, 0.29) is 0 Å². The summed E-state index contributed by atoms with van der Waals surface area (Å²) in [5, 5.41) is 8.38. The predicted octanol–water partition coefficient (Wildman–Crippen LogP) is 0.895. The van der Waals surface area contributed by atoms with Crippen molar-refractivity contribution in [1.82, 2.24) is 15.0 Å². The molecule has 0 spiro atoms. The first-order chi connectivity index (χ1) is 10.4. The Hall–Kier alpha value is -0.290. The Morgan fingerprint density at radius 3 is 2.05 bits per heavy atom. The van der Waals surface area contributed by atoms with E-state index in [4.69, 9.17) is 18.9 Å². The van der Waals surface area contributed by atoms with Gasteiger partial charge in [0.05, 0.1) is 51.9 Å². The number of nitrogens with zero attached hydrogens (tertiary/aromatic N) is 3. The highest BCUT2D eigenvalue weighted by Gasteiger charge is 2.09. The first-order valence-electron chi connectivity index (χ1n) is 7.27. The minimum Gasteiger partial charge on any atom is -0.379 e. The lowest BCUT2D eigenvalue weighted by Crippen LogP contribution is -2.13. The van der Waals surface area contributed by atoms with Gasteiger partial charge in [-0.25, -0.2) is 4.68 Å². The number of fused-ring (bicyclic) bond motifs is 2. The second kappa shape index (κ2) is 10.4. The molecule has 0 fully saturated rings. The lowest BCUT2D eigenvalue weighted by Gasteiger charge is -2.08. The van der Waals surface area contributed by atoms with E-state index in [1.54, 1.807) is 0 Å². The van der Waals surface area contributed by atoms with Crippen molar-refractivity contribution < 1.29 is 18.9 Å². The summed E-state index contributed by atoms with van der Waals surface area (Å²) in [4.78, 5) is 0. The number of ether oxygens (including phenoxy) is 4. The molecule has 0 amide bonds. The van der Waals surface area contributed by atoms with E-state index < -0.39 is 0 Å². The van der Waals surface area contributed by atoms with Crippen molar-refractivity contribution in [1.29, 1.82) is 0 Å². The summed E-state index contributed by atoms with van der Waals surface area (Å²) in [6, 6.07) is 0. The molecular formula is C13H22IN3O4. The topological polar surface area (TPSA) is 67.6 Å². The first-order valence-corrected chi connectivity index (χ1v) is 8.34. The van der Waals surface area contributed by atoms with Crippen LogP contribution in [0.2, 0.25) is 0 Å². The highest BCUT2D eigenvalue weighted by molar-refractivity contribution is 14.1. The SMILES string of the molecule is Ic1c2nnn1CCCOCCOCCOCCOCC2. The van der Waals surface area contributed by atoms with Gasteiger partial charge in [0.25, 0.3) is 0 Å². The van der Waals surface area contributed by atoms with Crippen molar-refractivity contribution in [3.05, 3.63) is 9.39 Å². The molecule has 8 heteroatoms. The number of halogens is 1. The smallest absolute Gasteiger partial charge is 0.122 e. The van der Waals surface area contributed by atoms with Crippen molar-refractivity contribution in [3.8, 4) is 0 Å². The third-order valence-corrected chi connectivity index (χ3v) is 4.18. The van der Waals surface area contributed by atoms with Crippen LogP contribution in [0.1, 0.15) is 12.1 Å². The van der Waals surface area contributed by atoms with E-state index in [1.165, 1.54) is 0 Å². The maximum atomic E-state index is 5.53. The Morgan fingerprint density at radius 2 is 1.38 bits per heavy atom. The normalized spacial score (nSPS) is 20.6. The molecule has 0 saturated heterocycles. The van der Waals surface area contributed by atoms with Gasteiger partial charge in [-0.05, 0) is 29.0 Å². The molecule has 1 aromatic rings. The van der Waals surface area contributed by atoms with E-state index in [0.717, 1.165) is 28.8 Å². The van der Waals surface area contributed by atoms with Crippen molar-refractivity contribution in [2.75, 3.05) is 52.9 Å². The molecule has 2 heterocycles. The second-order valence-corrected chi connectivity index (χ2v) is 5.62. The number of rotatable bonds is 0. The fourth-order valence-electron chi connectivity index (χ4n) is 1.88. The Labute approximate surface area is 138 Å². The lowest BCUT2D eigenvalue weighted by atomic mass is 10.3. The van der Waals surface area contributed by atoms with Crippen molar-refractivity contribution >= 4 is 22.6 Å². The van der Waals surface area contributed by atoms with Crippen molar-refractivity contribution in [2.24, 2.45) is 0 Å². The third-order valence-electron chi connectivity index (χ3n) is 3.00. The molecule has 21 heavy (non-hydrogen) atoms. The van der Waals surface area contributed by atoms with Crippen LogP contribution in [0.15, 0.2) is 0 Å². The first kappa shape index (κ1) is 17.1. The molecule has 0 aromatic carbocycles. The molecule has 120 valence electrons. The summed E-state index contributed by atoms with van der Waals surface area (Å²) in [6.07, 6.45) is 1.69. The monoisotopic (exact) mass is 411 g/mol. The lowest BCUT2D eigenvalue weighted by molar-refractivity contribution is -0.00215. The maximum absolute atomic E-state index is 5.53. The van der Waals surface area contributed by atoms with Gasteiger partial charge < -0.3 is 18.9 Å². The molecule has 0 aliphatic carbocycles. The standard InChI is InChI=1S/C13H22IN3O4/c14-13-12-2-5-19-7-9-21-11-10-20-8-6-18-4-1-3-17(13)16-15-12/h1-11H2. The molecule has 2 rings (SSSR count). The van der Waals surface area contributed by atoms with E-state index in [1.807, 2.05) is 4.68 Å². The number of aryl methyl sites for hydroxylation is 1. The molecule has 0 N–H and O–H groups in total. The van der Waals surface area contributed by atoms with Gasteiger partial charge in [0.15, 0.2) is 0 Å². The molecule has 1 aromatic heterocycles. The van der Waals surface area contributed by atoms with Gasteiger partial charge in [-0.2, -0.15) is 0 Å². The zero-order chi connectivity index (χ0) is 14.8. The van der Waals surface area contributed by atoms with Crippen molar-refractivity contribution in [2.45, 2.75) is 19.4 Å². The summed E-state index contributed by atoms with van der Waals surface area (Å²) in [5.74, 6) is 0. The van der Waals surface area contributed by atoms with Crippen LogP contribution < -0.4 is 0 Å². The zero-order valence-corrected chi connectivity index (χ0v) is 14.3. The summed E-state index contributed by atoms with van der Waals surface area (Å²) >= 11 is 2.29. The van der Waals surface area contributed by atoms with Gasteiger partial charge in [-0.15, -0.1) is 5.10 Å². The molecule has 0 radical (unpaired) electrons. The van der Waals surface area contributed by atoms with Crippen LogP contribution in [0.4, 0.5) is 0 Å². The molecule has 1 aliphatic rings. The van der Waals surface area contributed by atoms with Gasteiger partial charge in [-0.3, -0.25) is 0 Å². The van der Waals surface area contributed by atoms with E-state index in [2.05, 4.69) is 32.9 Å². The van der Waals surface area contributed by atoms with Crippen LogP contribution >= 0.6 is 22.6 Å². The van der Waals surface area contributed by atoms with Crippen LogP contribution in [0.5, 0.6) is 0 Å². The number of hydrogen-bond acceptors (Lipinski definition) is 6. The van der Waals surface area contributed by atoms with E-state index in [9.17, 15) is 0 Å². The van der Waals surface area contributed by atoms with Gasteiger partial charge in [-0.1, -0.05) is 5.21 Å². The van der Waals surface area contributed by atoms with E-state index in [0.29, 0.717) is 52.9 Å². The van der Waals surface area contributed by atoms with Gasteiger partial charge in [0, 0.05) is 19.6 Å². The largest absolute Gasteiger partial charge is 0.379 e. The Bertz CT molecular complexity index is 369. The second-order valence-electron chi connectivity index (χ2n) is 4.60. The molecule has 0 unspecified atom stereocenters. The van der Waals surface area contributed by atoms with Crippen LogP contribution in [0.3, 0.4) is 0 Å². The molecular weight excluding hydrogens is 389 g/mol. The highest BCUT2D eigenvalue weighted by Crippen LogP contribution is 2.10. The van der Waals surface area contributed by atoms with Gasteiger partial charge >= 0.3 is 0 Å². The Morgan fingerprint density at radius 1 is 0.810 bits per heavy atom. The molecule has 7 nitrogen and oxygen atoms in total. The minimum atomic E-state index is 0.587. The van der Waals surface area contributed by atoms with Crippen molar-refractivity contribution in [3.63, 3.8) is 0 Å². The van der Waals surface area contributed by atoms with Crippen LogP contribution in [0.25, 0.3) is 0 Å². The molecule has 0 atom stereocenters.